The first-order valence-corrected chi connectivity index (χ1v) is 20.1. The monoisotopic (exact) mass is 758 g/mol. The molecule has 0 radical (unpaired) electrons. The van der Waals surface area contributed by atoms with Crippen LogP contribution in [0.15, 0.2) is 186 Å². The van der Waals surface area contributed by atoms with Gasteiger partial charge in [-0.3, -0.25) is 0 Å². The SMILES string of the molecule is c1ccc(-c2nc(-c3ccc(-c4cccc5c4nc(-c4ccccc4)c4ccc6sc7ccccc7c6c45)cc3)nc(-c3ccc4c(c3)oc3ccccc34)n2)cc1. The van der Waals surface area contributed by atoms with E-state index in [1.54, 1.807) is 0 Å². The maximum Gasteiger partial charge on any atom is 0.164 e. The second kappa shape index (κ2) is 13.0. The molecule has 58 heavy (non-hydrogen) atoms. The molecular formula is C52H30N4OS. The summed E-state index contributed by atoms with van der Waals surface area (Å²) in [5.41, 5.74) is 9.51. The van der Waals surface area contributed by atoms with E-state index in [1.807, 2.05) is 65.9 Å². The van der Waals surface area contributed by atoms with Crippen LogP contribution in [0.4, 0.5) is 0 Å². The molecule has 4 aromatic heterocycles. The molecule has 0 bridgehead atoms. The van der Waals surface area contributed by atoms with Crippen molar-refractivity contribution in [1.29, 1.82) is 0 Å². The van der Waals surface area contributed by atoms with Crippen molar-refractivity contribution in [2.75, 3.05) is 0 Å². The van der Waals surface area contributed by atoms with Crippen molar-refractivity contribution in [2.45, 2.75) is 0 Å². The van der Waals surface area contributed by atoms with E-state index in [4.69, 9.17) is 24.4 Å². The number of pyridine rings is 1. The number of thiophene rings is 1. The minimum Gasteiger partial charge on any atom is -0.456 e. The first kappa shape index (κ1) is 32.7. The molecule has 0 saturated heterocycles. The van der Waals surface area contributed by atoms with Gasteiger partial charge in [-0.05, 0) is 35.9 Å². The number of hydrogen-bond acceptors (Lipinski definition) is 6. The van der Waals surface area contributed by atoms with Crippen LogP contribution in [0.1, 0.15) is 0 Å². The zero-order chi connectivity index (χ0) is 38.2. The number of benzene rings is 8. The molecule has 0 N–H and O–H groups in total. The van der Waals surface area contributed by atoms with Gasteiger partial charge in [0.25, 0.3) is 0 Å². The molecule has 12 aromatic rings. The van der Waals surface area contributed by atoms with Gasteiger partial charge in [0.15, 0.2) is 17.5 Å². The number of para-hydroxylation sites is 2. The van der Waals surface area contributed by atoms with Gasteiger partial charge in [0.1, 0.15) is 11.2 Å². The fraction of sp³-hybridized carbons (Fsp3) is 0. The highest BCUT2D eigenvalue weighted by molar-refractivity contribution is 7.26. The van der Waals surface area contributed by atoms with Gasteiger partial charge < -0.3 is 4.42 Å². The average molecular weight is 759 g/mol. The van der Waals surface area contributed by atoms with Crippen molar-refractivity contribution < 1.29 is 4.42 Å². The number of aromatic nitrogens is 4. The molecule has 5 nitrogen and oxygen atoms in total. The smallest absolute Gasteiger partial charge is 0.164 e. The molecule has 0 aliphatic heterocycles. The zero-order valence-electron chi connectivity index (χ0n) is 30.9. The van der Waals surface area contributed by atoms with Gasteiger partial charge in [0, 0.05) is 74.9 Å². The summed E-state index contributed by atoms with van der Waals surface area (Å²) in [7, 11) is 0. The van der Waals surface area contributed by atoms with E-state index in [1.165, 1.54) is 25.6 Å². The van der Waals surface area contributed by atoms with Crippen LogP contribution in [-0.4, -0.2) is 19.9 Å². The van der Waals surface area contributed by atoms with E-state index in [9.17, 15) is 0 Å². The number of hydrogen-bond donors (Lipinski definition) is 0. The van der Waals surface area contributed by atoms with Crippen LogP contribution in [0.2, 0.25) is 0 Å². The lowest BCUT2D eigenvalue weighted by Gasteiger charge is -2.15. The third-order valence-corrected chi connectivity index (χ3v) is 12.3. The van der Waals surface area contributed by atoms with Gasteiger partial charge in [-0.25, -0.2) is 19.9 Å². The average Bonchev–Trinajstić information content (AvgIpc) is 3.87. The first-order chi connectivity index (χ1) is 28.7. The highest BCUT2D eigenvalue weighted by Crippen LogP contribution is 2.45. The second-order valence-corrected chi connectivity index (χ2v) is 15.6. The lowest BCUT2D eigenvalue weighted by atomic mass is 9.93. The largest absolute Gasteiger partial charge is 0.456 e. The fourth-order valence-corrected chi connectivity index (χ4v) is 9.51. The van der Waals surface area contributed by atoms with Gasteiger partial charge in [-0.1, -0.05) is 152 Å². The normalized spacial score (nSPS) is 11.8. The van der Waals surface area contributed by atoms with Crippen molar-refractivity contribution in [3.05, 3.63) is 182 Å². The fourth-order valence-electron chi connectivity index (χ4n) is 8.39. The summed E-state index contributed by atoms with van der Waals surface area (Å²) in [5, 5.41) is 8.25. The van der Waals surface area contributed by atoms with Gasteiger partial charge >= 0.3 is 0 Å². The summed E-state index contributed by atoms with van der Waals surface area (Å²) in [6, 6.07) is 63.2. The zero-order valence-corrected chi connectivity index (χ0v) is 31.7. The van der Waals surface area contributed by atoms with Crippen molar-refractivity contribution in [2.24, 2.45) is 0 Å². The molecule has 0 fully saturated rings. The number of nitrogens with zero attached hydrogens (tertiary/aromatic N) is 4. The maximum absolute atomic E-state index is 6.25. The predicted octanol–water partition coefficient (Wildman–Crippen LogP) is 14.2. The van der Waals surface area contributed by atoms with Crippen molar-refractivity contribution in [1.82, 2.24) is 19.9 Å². The summed E-state index contributed by atoms with van der Waals surface area (Å²) in [4.78, 5) is 20.6. The molecule has 12 rings (SSSR count). The Morgan fingerprint density at radius 3 is 1.72 bits per heavy atom. The summed E-state index contributed by atoms with van der Waals surface area (Å²) in [6.07, 6.45) is 0. The second-order valence-electron chi connectivity index (χ2n) is 14.5. The summed E-state index contributed by atoms with van der Waals surface area (Å²) in [6.45, 7) is 0. The van der Waals surface area contributed by atoms with Crippen molar-refractivity contribution in [3.8, 4) is 56.5 Å². The van der Waals surface area contributed by atoms with E-state index in [0.717, 1.165) is 77.3 Å². The van der Waals surface area contributed by atoms with Gasteiger partial charge in [-0.15, -0.1) is 11.3 Å². The minimum atomic E-state index is 0.584. The molecule has 0 saturated carbocycles. The Morgan fingerprint density at radius 2 is 0.931 bits per heavy atom. The molecule has 0 aliphatic carbocycles. The Labute approximate surface area is 336 Å². The van der Waals surface area contributed by atoms with Crippen LogP contribution < -0.4 is 0 Å². The number of fused-ring (bicyclic) bond motifs is 10. The third-order valence-electron chi connectivity index (χ3n) is 11.1. The molecule has 0 aliphatic rings. The van der Waals surface area contributed by atoms with E-state index < -0.39 is 0 Å². The van der Waals surface area contributed by atoms with E-state index >= 15 is 0 Å². The highest BCUT2D eigenvalue weighted by Gasteiger charge is 2.19. The lowest BCUT2D eigenvalue weighted by molar-refractivity contribution is 0.669. The molecule has 0 atom stereocenters. The van der Waals surface area contributed by atoms with Crippen LogP contribution in [-0.2, 0) is 0 Å². The Morgan fingerprint density at radius 1 is 0.345 bits per heavy atom. The van der Waals surface area contributed by atoms with Crippen LogP contribution >= 0.6 is 11.3 Å². The molecule has 8 aromatic carbocycles. The topological polar surface area (TPSA) is 64.7 Å². The standard InChI is InChI=1S/C52H30N4OS/c1-3-12-32(13-4-1)48-41-28-29-45-47(39-17-8-10-21-44(39)58-45)46(41)40-19-11-18-36(49(40)53-48)31-22-24-34(25-23-31)51-54-50(33-14-5-2-6-15-33)55-52(56-51)35-26-27-38-37-16-7-9-20-42(37)57-43(38)30-35/h1-30H. The maximum atomic E-state index is 6.25. The van der Waals surface area contributed by atoms with Gasteiger partial charge in [-0.2, -0.15) is 0 Å². The summed E-state index contributed by atoms with van der Waals surface area (Å²) >= 11 is 1.85. The number of furan rings is 1. The molecule has 0 spiro atoms. The van der Waals surface area contributed by atoms with Crippen LogP contribution in [0.25, 0.3) is 120 Å². The summed E-state index contributed by atoms with van der Waals surface area (Å²) in [5.74, 6) is 1.79. The Hall–Kier alpha value is -7.54. The Kier molecular flexibility index (Phi) is 7.33. The van der Waals surface area contributed by atoms with E-state index in [-0.39, 0.29) is 0 Å². The molecule has 270 valence electrons. The molecule has 0 amide bonds. The Balaban J connectivity index is 1.02. The van der Waals surface area contributed by atoms with Crippen molar-refractivity contribution in [3.63, 3.8) is 0 Å². The third kappa shape index (κ3) is 5.23. The number of rotatable bonds is 5. The van der Waals surface area contributed by atoms with Crippen LogP contribution in [0, 0.1) is 0 Å². The molecular weight excluding hydrogens is 729 g/mol. The molecule has 4 heterocycles. The summed E-state index contributed by atoms with van der Waals surface area (Å²) < 4.78 is 8.81. The van der Waals surface area contributed by atoms with Crippen molar-refractivity contribution >= 4 is 75.1 Å². The van der Waals surface area contributed by atoms with Crippen LogP contribution in [0.3, 0.4) is 0 Å². The van der Waals surface area contributed by atoms with E-state index in [0.29, 0.717) is 17.5 Å². The van der Waals surface area contributed by atoms with Gasteiger partial charge in [0.2, 0.25) is 0 Å². The first-order valence-electron chi connectivity index (χ1n) is 19.3. The Bertz CT molecular complexity index is 3560. The highest BCUT2D eigenvalue weighted by atomic mass is 32.1. The van der Waals surface area contributed by atoms with Crippen LogP contribution in [0.5, 0.6) is 0 Å². The minimum absolute atomic E-state index is 0.584. The van der Waals surface area contributed by atoms with E-state index in [2.05, 4.69) is 127 Å². The molecule has 6 heteroatoms. The predicted molar refractivity (Wildman–Crippen MR) is 240 cm³/mol. The lowest BCUT2D eigenvalue weighted by Crippen LogP contribution is -2.00. The molecule has 0 unspecified atom stereocenters. The van der Waals surface area contributed by atoms with Gasteiger partial charge in [0.05, 0.1) is 11.2 Å². The quantitative estimate of drug-likeness (QED) is 0.164.